The molecule has 0 fully saturated rings. The molecular weight excluding hydrogens is 222 g/mol. The van der Waals surface area contributed by atoms with Crippen molar-refractivity contribution < 1.29 is 9.90 Å². The summed E-state index contributed by atoms with van der Waals surface area (Å²) in [7, 11) is 0. The van der Waals surface area contributed by atoms with Crippen molar-refractivity contribution in [2.45, 2.75) is 23.7 Å². The van der Waals surface area contributed by atoms with Crippen molar-refractivity contribution in [3.05, 3.63) is 29.3 Å². The average Bonchev–Trinajstić information content (AvgIpc) is 2.30. The van der Waals surface area contributed by atoms with Gasteiger partial charge in [0.15, 0.2) is 0 Å². The van der Waals surface area contributed by atoms with Gasteiger partial charge in [-0.15, -0.1) is 11.8 Å². The second kappa shape index (κ2) is 4.89. The highest BCUT2D eigenvalue weighted by Crippen LogP contribution is 2.34. The molecule has 1 aliphatic heterocycles. The fraction of sp³-hybridized carbons (Fsp3) is 0.417. The van der Waals surface area contributed by atoms with Gasteiger partial charge < -0.3 is 10.8 Å². The molecule has 3 nitrogen and oxygen atoms in total. The lowest BCUT2D eigenvalue weighted by Crippen LogP contribution is -2.23. The van der Waals surface area contributed by atoms with Gasteiger partial charge in [-0.05, 0) is 35.8 Å². The van der Waals surface area contributed by atoms with Gasteiger partial charge >= 0.3 is 5.97 Å². The van der Waals surface area contributed by atoms with Gasteiger partial charge in [0.05, 0.1) is 5.92 Å². The number of rotatable bonds is 3. The monoisotopic (exact) mass is 237 g/mol. The lowest BCUT2D eigenvalue weighted by molar-refractivity contribution is -0.138. The van der Waals surface area contributed by atoms with Crippen LogP contribution in [0, 0.1) is 0 Å². The van der Waals surface area contributed by atoms with Gasteiger partial charge in [-0.3, -0.25) is 4.79 Å². The molecule has 0 aliphatic carbocycles. The molecule has 1 unspecified atom stereocenters. The van der Waals surface area contributed by atoms with Crippen LogP contribution in [0.25, 0.3) is 0 Å². The minimum Gasteiger partial charge on any atom is -0.481 e. The molecule has 1 aliphatic rings. The molecule has 0 amide bonds. The summed E-state index contributed by atoms with van der Waals surface area (Å²) in [6.07, 6.45) is 2.09. The lowest BCUT2D eigenvalue weighted by atomic mass is 9.92. The molecular formula is C12H15NO2S. The van der Waals surface area contributed by atoms with Gasteiger partial charge in [0, 0.05) is 11.4 Å². The molecule has 3 N–H and O–H groups in total. The topological polar surface area (TPSA) is 63.3 Å². The maximum absolute atomic E-state index is 11.1. The Morgan fingerprint density at radius 1 is 1.56 bits per heavy atom. The van der Waals surface area contributed by atoms with Crippen LogP contribution >= 0.6 is 11.8 Å². The van der Waals surface area contributed by atoms with E-state index in [9.17, 15) is 4.79 Å². The third kappa shape index (κ3) is 2.08. The zero-order chi connectivity index (χ0) is 11.5. The van der Waals surface area contributed by atoms with E-state index in [1.54, 1.807) is 0 Å². The SMILES string of the molecule is NCC(C(=O)O)c1cccc2c1CCCS2. The molecule has 1 aromatic carbocycles. The van der Waals surface area contributed by atoms with Crippen LogP contribution in [0.5, 0.6) is 0 Å². The summed E-state index contributed by atoms with van der Waals surface area (Å²) in [5, 5.41) is 9.14. The number of carboxylic acid groups (broad SMARTS) is 1. The highest BCUT2D eigenvalue weighted by molar-refractivity contribution is 7.99. The number of fused-ring (bicyclic) bond motifs is 1. The number of nitrogens with two attached hydrogens (primary N) is 1. The van der Waals surface area contributed by atoms with Crippen molar-refractivity contribution in [3.63, 3.8) is 0 Å². The Bertz CT molecular complexity index is 406. The highest BCUT2D eigenvalue weighted by Gasteiger charge is 2.23. The van der Waals surface area contributed by atoms with Gasteiger partial charge in [-0.2, -0.15) is 0 Å². The van der Waals surface area contributed by atoms with Crippen molar-refractivity contribution >= 4 is 17.7 Å². The first-order valence-electron chi connectivity index (χ1n) is 5.41. The fourth-order valence-electron chi connectivity index (χ4n) is 2.10. The van der Waals surface area contributed by atoms with Crippen molar-refractivity contribution in [2.75, 3.05) is 12.3 Å². The van der Waals surface area contributed by atoms with Crippen LogP contribution < -0.4 is 5.73 Å². The Labute approximate surface area is 99.0 Å². The maximum atomic E-state index is 11.1. The minimum atomic E-state index is -0.827. The lowest BCUT2D eigenvalue weighted by Gasteiger charge is -2.21. The second-order valence-corrected chi connectivity index (χ2v) is 5.04. The zero-order valence-corrected chi connectivity index (χ0v) is 9.80. The summed E-state index contributed by atoms with van der Waals surface area (Å²) in [5.41, 5.74) is 7.65. The van der Waals surface area contributed by atoms with Crippen LogP contribution in [0.2, 0.25) is 0 Å². The molecule has 0 spiro atoms. The number of benzene rings is 1. The number of aliphatic carboxylic acids is 1. The standard InChI is InChI=1S/C12H15NO2S/c13-7-10(12(14)15)8-3-1-5-11-9(8)4-2-6-16-11/h1,3,5,10H,2,4,6-7,13H2,(H,14,15). The van der Waals surface area contributed by atoms with Gasteiger partial charge in [-0.1, -0.05) is 12.1 Å². The summed E-state index contributed by atoms with van der Waals surface area (Å²) in [5.74, 6) is -0.267. The maximum Gasteiger partial charge on any atom is 0.312 e. The summed E-state index contributed by atoms with van der Waals surface area (Å²) >= 11 is 1.81. The number of hydrogen-bond donors (Lipinski definition) is 2. The van der Waals surface area contributed by atoms with E-state index in [1.165, 1.54) is 10.5 Å². The smallest absolute Gasteiger partial charge is 0.312 e. The third-order valence-corrected chi connectivity index (χ3v) is 4.09. The van der Waals surface area contributed by atoms with Gasteiger partial charge in [0.25, 0.3) is 0 Å². The summed E-state index contributed by atoms with van der Waals surface area (Å²) in [6, 6.07) is 5.90. The predicted octanol–water partition coefficient (Wildman–Crippen LogP) is 1.85. The molecule has 0 saturated heterocycles. The summed E-state index contributed by atoms with van der Waals surface area (Å²) in [6.45, 7) is 0.163. The molecule has 0 bridgehead atoms. The van der Waals surface area contributed by atoms with Crippen molar-refractivity contribution in [1.82, 2.24) is 0 Å². The Balaban J connectivity index is 2.43. The Morgan fingerprint density at radius 3 is 3.06 bits per heavy atom. The first-order chi connectivity index (χ1) is 7.74. The number of hydrogen-bond acceptors (Lipinski definition) is 3. The van der Waals surface area contributed by atoms with E-state index >= 15 is 0 Å². The summed E-state index contributed by atoms with van der Waals surface area (Å²) in [4.78, 5) is 12.4. The average molecular weight is 237 g/mol. The first kappa shape index (κ1) is 11.5. The largest absolute Gasteiger partial charge is 0.481 e. The van der Waals surface area contributed by atoms with Crippen LogP contribution in [0.1, 0.15) is 23.5 Å². The van der Waals surface area contributed by atoms with E-state index < -0.39 is 11.9 Å². The summed E-state index contributed by atoms with van der Waals surface area (Å²) < 4.78 is 0. The zero-order valence-electron chi connectivity index (χ0n) is 8.98. The normalized spacial score (nSPS) is 16.6. The van der Waals surface area contributed by atoms with Crippen LogP contribution in [0.15, 0.2) is 23.1 Å². The first-order valence-corrected chi connectivity index (χ1v) is 6.40. The molecule has 4 heteroatoms. The minimum absolute atomic E-state index is 0.163. The molecule has 0 saturated carbocycles. The van der Waals surface area contributed by atoms with Crippen LogP contribution in [-0.4, -0.2) is 23.4 Å². The Hall–Kier alpha value is -1.00. The van der Waals surface area contributed by atoms with E-state index in [2.05, 4.69) is 6.07 Å². The van der Waals surface area contributed by atoms with Crippen LogP contribution in [-0.2, 0) is 11.2 Å². The molecule has 0 radical (unpaired) electrons. The molecule has 16 heavy (non-hydrogen) atoms. The Morgan fingerprint density at radius 2 is 2.38 bits per heavy atom. The number of carboxylic acids is 1. The highest BCUT2D eigenvalue weighted by atomic mass is 32.2. The van der Waals surface area contributed by atoms with Gasteiger partial charge in [0.1, 0.15) is 0 Å². The van der Waals surface area contributed by atoms with E-state index in [4.69, 9.17) is 10.8 Å². The van der Waals surface area contributed by atoms with Gasteiger partial charge in [0.2, 0.25) is 0 Å². The van der Waals surface area contributed by atoms with Crippen LogP contribution in [0.4, 0.5) is 0 Å². The predicted molar refractivity (Wildman–Crippen MR) is 64.9 cm³/mol. The second-order valence-electron chi connectivity index (χ2n) is 3.90. The van der Waals surface area contributed by atoms with Crippen molar-refractivity contribution in [3.8, 4) is 0 Å². The molecule has 86 valence electrons. The Kier molecular flexibility index (Phi) is 3.51. The van der Waals surface area contributed by atoms with E-state index in [0.717, 1.165) is 24.2 Å². The molecule has 0 aromatic heterocycles. The van der Waals surface area contributed by atoms with E-state index in [-0.39, 0.29) is 6.54 Å². The fourth-order valence-corrected chi connectivity index (χ4v) is 3.18. The number of thioether (sulfide) groups is 1. The number of carbonyl (C=O) groups is 1. The quantitative estimate of drug-likeness (QED) is 0.842. The molecule has 1 aromatic rings. The van der Waals surface area contributed by atoms with Crippen LogP contribution in [0.3, 0.4) is 0 Å². The molecule has 1 atom stereocenters. The third-order valence-electron chi connectivity index (χ3n) is 2.91. The van der Waals surface area contributed by atoms with Crippen molar-refractivity contribution in [2.24, 2.45) is 5.73 Å². The molecule has 1 heterocycles. The molecule has 2 rings (SSSR count). The van der Waals surface area contributed by atoms with Crippen molar-refractivity contribution in [1.29, 1.82) is 0 Å². The van der Waals surface area contributed by atoms with E-state index in [1.807, 2.05) is 23.9 Å². The van der Waals surface area contributed by atoms with Gasteiger partial charge in [-0.25, -0.2) is 0 Å². The van der Waals surface area contributed by atoms with E-state index in [0.29, 0.717) is 0 Å².